The molecule has 0 rings (SSSR count). The molecule has 0 atom stereocenters. The Hall–Kier alpha value is -0.810. The number of rotatable bonds is 9. The van der Waals surface area contributed by atoms with Crippen molar-refractivity contribution in [3.8, 4) is 0 Å². The van der Waals surface area contributed by atoms with Crippen LogP contribution in [0.3, 0.4) is 0 Å². The third-order valence-corrected chi connectivity index (χ3v) is 2.59. The smallest absolute Gasteiger partial charge is 0.190 e. The minimum atomic E-state index is 0.628. The molecule has 0 aliphatic heterocycles. The van der Waals surface area contributed by atoms with Gasteiger partial charge in [-0.1, -0.05) is 13.8 Å². The average Bonchev–Trinajstić information content (AvgIpc) is 2.35. The second-order valence-corrected chi connectivity index (χ2v) is 4.92. The molecule has 2 N–H and O–H groups in total. The highest BCUT2D eigenvalue weighted by molar-refractivity contribution is 5.79. The van der Waals surface area contributed by atoms with Crippen LogP contribution in [0.15, 0.2) is 4.99 Å². The Morgan fingerprint density at radius 2 is 2.00 bits per heavy atom. The molecule has 0 bridgehead atoms. The van der Waals surface area contributed by atoms with Gasteiger partial charge in [-0.05, 0) is 25.9 Å². The van der Waals surface area contributed by atoms with Crippen LogP contribution in [-0.2, 0) is 4.74 Å². The van der Waals surface area contributed by atoms with Gasteiger partial charge in [0.25, 0.3) is 0 Å². The van der Waals surface area contributed by atoms with E-state index in [0.717, 1.165) is 45.2 Å². The number of nitrogens with one attached hydrogen (secondary N) is 2. The Balaban J connectivity index is 3.56. The quantitative estimate of drug-likeness (QED) is 0.364. The van der Waals surface area contributed by atoms with Crippen LogP contribution < -0.4 is 10.6 Å². The molecule has 0 amide bonds. The molecule has 0 aromatic rings. The van der Waals surface area contributed by atoms with Crippen LogP contribution in [-0.4, -0.2) is 64.9 Å². The van der Waals surface area contributed by atoms with Crippen molar-refractivity contribution in [1.82, 2.24) is 15.5 Å². The van der Waals surface area contributed by atoms with E-state index in [9.17, 15) is 0 Å². The van der Waals surface area contributed by atoms with Crippen LogP contribution in [0.25, 0.3) is 0 Å². The van der Waals surface area contributed by atoms with E-state index >= 15 is 0 Å². The molecule has 0 aromatic heterocycles. The number of aliphatic imine (C=N–C) groups is 1. The van der Waals surface area contributed by atoms with E-state index in [1.165, 1.54) is 0 Å². The van der Waals surface area contributed by atoms with Gasteiger partial charge in [-0.25, -0.2) is 0 Å². The van der Waals surface area contributed by atoms with E-state index in [4.69, 9.17) is 4.74 Å². The minimum absolute atomic E-state index is 0.628. The first kappa shape index (κ1) is 17.2. The Kier molecular flexibility index (Phi) is 10.8. The second-order valence-electron chi connectivity index (χ2n) is 4.92. The van der Waals surface area contributed by atoms with E-state index in [0.29, 0.717) is 5.92 Å². The van der Waals surface area contributed by atoms with Gasteiger partial charge in [0.1, 0.15) is 0 Å². The van der Waals surface area contributed by atoms with Crippen LogP contribution in [0.1, 0.15) is 20.3 Å². The maximum Gasteiger partial charge on any atom is 0.190 e. The van der Waals surface area contributed by atoms with Crippen LogP contribution in [0.2, 0.25) is 0 Å². The highest BCUT2D eigenvalue weighted by Crippen LogP contribution is 1.88. The van der Waals surface area contributed by atoms with E-state index in [1.54, 1.807) is 14.2 Å². The zero-order chi connectivity index (χ0) is 13.8. The summed E-state index contributed by atoms with van der Waals surface area (Å²) >= 11 is 0. The van der Waals surface area contributed by atoms with Gasteiger partial charge < -0.3 is 20.3 Å². The molecule has 0 heterocycles. The standard InChI is InChI=1S/C13H30N4O/c1-12(2)11-16-13(14-3)15-7-6-8-17(4)9-10-18-5/h12H,6-11H2,1-5H3,(H2,14,15,16). The zero-order valence-electron chi connectivity index (χ0n) is 12.6. The monoisotopic (exact) mass is 258 g/mol. The molecule has 18 heavy (non-hydrogen) atoms. The molecule has 0 saturated carbocycles. The molecule has 5 nitrogen and oxygen atoms in total. The summed E-state index contributed by atoms with van der Waals surface area (Å²) in [6.07, 6.45) is 1.10. The lowest BCUT2D eigenvalue weighted by atomic mass is 10.2. The number of methoxy groups -OCH3 is 1. The molecule has 108 valence electrons. The van der Waals surface area contributed by atoms with Crippen molar-refractivity contribution in [3.05, 3.63) is 0 Å². The van der Waals surface area contributed by atoms with Crippen molar-refractivity contribution < 1.29 is 4.74 Å². The predicted octanol–water partition coefficient (Wildman–Crippen LogP) is 0.776. The van der Waals surface area contributed by atoms with E-state index in [2.05, 4.69) is 41.4 Å². The normalized spacial score (nSPS) is 12.3. The summed E-state index contributed by atoms with van der Waals surface area (Å²) in [7, 11) is 5.66. The lowest BCUT2D eigenvalue weighted by Crippen LogP contribution is -2.40. The number of hydrogen-bond donors (Lipinski definition) is 2. The summed E-state index contributed by atoms with van der Waals surface area (Å²) in [5, 5.41) is 6.61. The summed E-state index contributed by atoms with van der Waals surface area (Å²) in [6.45, 7) is 9.11. The number of ether oxygens (including phenoxy) is 1. The maximum atomic E-state index is 5.04. The maximum absolute atomic E-state index is 5.04. The van der Waals surface area contributed by atoms with Gasteiger partial charge in [0.2, 0.25) is 0 Å². The molecule has 0 radical (unpaired) electrons. The largest absolute Gasteiger partial charge is 0.383 e. The van der Waals surface area contributed by atoms with Crippen LogP contribution in [0, 0.1) is 5.92 Å². The fourth-order valence-corrected chi connectivity index (χ4v) is 1.44. The molecule has 0 fully saturated rings. The summed E-state index contributed by atoms with van der Waals surface area (Å²) in [5.41, 5.74) is 0. The highest BCUT2D eigenvalue weighted by Gasteiger charge is 2.00. The van der Waals surface area contributed by atoms with Gasteiger partial charge in [0, 0.05) is 33.8 Å². The zero-order valence-corrected chi connectivity index (χ0v) is 12.6. The molecule has 0 aliphatic carbocycles. The van der Waals surface area contributed by atoms with Gasteiger partial charge in [0.05, 0.1) is 6.61 Å². The molecular formula is C13H30N4O. The van der Waals surface area contributed by atoms with E-state index in [-0.39, 0.29) is 0 Å². The fourth-order valence-electron chi connectivity index (χ4n) is 1.44. The summed E-state index contributed by atoms with van der Waals surface area (Å²) < 4.78 is 5.04. The summed E-state index contributed by atoms with van der Waals surface area (Å²) in [6, 6.07) is 0. The van der Waals surface area contributed by atoms with Crippen molar-refractivity contribution in [2.75, 3.05) is 54.0 Å². The highest BCUT2D eigenvalue weighted by atomic mass is 16.5. The average molecular weight is 258 g/mol. The molecule has 5 heteroatoms. The lowest BCUT2D eigenvalue weighted by Gasteiger charge is -2.17. The van der Waals surface area contributed by atoms with Crippen LogP contribution in [0.5, 0.6) is 0 Å². The van der Waals surface area contributed by atoms with Gasteiger partial charge in [-0.15, -0.1) is 0 Å². The fraction of sp³-hybridized carbons (Fsp3) is 0.923. The van der Waals surface area contributed by atoms with Gasteiger partial charge >= 0.3 is 0 Å². The predicted molar refractivity (Wildman–Crippen MR) is 78.2 cm³/mol. The van der Waals surface area contributed by atoms with Crippen molar-refractivity contribution in [3.63, 3.8) is 0 Å². The number of nitrogens with zero attached hydrogens (tertiary/aromatic N) is 2. The second kappa shape index (κ2) is 11.3. The molecular weight excluding hydrogens is 228 g/mol. The number of guanidine groups is 1. The third-order valence-electron chi connectivity index (χ3n) is 2.59. The first-order valence-corrected chi connectivity index (χ1v) is 6.72. The Bertz CT molecular complexity index is 219. The van der Waals surface area contributed by atoms with Crippen LogP contribution in [0.4, 0.5) is 0 Å². The Labute approximate surface area is 112 Å². The molecule has 0 aromatic carbocycles. The van der Waals surface area contributed by atoms with Crippen molar-refractivity contribution >= 4 is 5.96 Å². The third kappa shape index (κ3) is 10.4. The first-order valence-electron chi connectivity index (χ1n) is 6.72. The minimum Gasteiger partial charge on any atom is -0.383 e. The van der Waals surface area contributed by atoms with Crippen molar-refractivity contribution in [2.45, 2.75) is 20.3 Å². The lowest BCUT2D eigenvalue weighted by molar-refractivity contribution is 0.161. The van der Waals surface area contributed by atoms with Gasteiger partial charge in [-0.3, -0.25) is 4.99 Å². The molecule has 0 saturated heterocycles. The van der Waals surface area contributed by atoms with Gasteiger partial charge in [-0.2, -0.15) is 0 Å². The van der Waals surface area contributed by atoms with E-state index in [1.807, 2.05) is 0 Å². The van der Waals surface area contributed by atoms with Gasteiger partial charge in [0.15, 0.2) is 5.96 Å². The Morgan fingerprint density at radius 1 is 1.28 bits per heavy atom. The first-order chi connectivity index (χ1) is 8.60. The summed E-state index contributed by atoms with van der Waals surface area (Å²) in [4.78, 5) is 6.46. The molecule has 0 spiro atoms. The van der Waals surface area contributed by atoms with Crippen molar-refractivity contribution in [2.24, 2.45) is 10.9 Å². The SMILES string of the molecule is CN=C(NCCCN(C)CCOC)NCC(C)C. The summed E-state index contributed by atoms with van der Waals surface area (Å²) in [5.74, 6) is 1.52. The van der Waals surface area contributed by atoms with Crippen molar-refractivity contribution in [1.29, 1.82) is 0 Å². The topological polar surface area (TPSA) is 48.9 Å². The number of likely N-dealkylation sites (N-methyl/N-ethyl adjacent to an activating group) is 1. The number of hydrogen-bond acceptors (Lipinski definition) is 3. The van der Waals surface area contributed by atoms with Crippen LogP contribution >= 0.6 is 0 Å². The molecule has 0 unspecified atom stereocenters. The molecule has 0 aliphatic rings. The van der Waals surface area contributed by atoms with E-state index < -0.39 is 0 Å². The Morgan fingerprint density at radius 3 is 2.56 bits per heavy atom.